The molecule has 0 radical (unpaired) electrons. The van der Waals surface area contributed by atoms with Crippen molar-refractivity contribution in [1.82, 2.24) is 5.01 Å². The van der Waals surface area contributed by atoms with Crippen LogP contribution in [0, 0.1) is 0 Å². The van der Waals surface area contributed by atoms with Gasteiger partial charge in [-0.05, 0) is 41.0 Å². The lowest BCUT2D eigenvalue weighted by molar-refractivity contribution is -0.130. The van der Waals surface area contributed by atoms with Gasteiger partial charge in [0.05, 0.1) is 22.4 Å². The smallest absolute Gasteiger partial charge is 0.240 e. The first-order valence-corrected chi connectivity index (χ1v) is 11.9. The minimum absolute atomic E-state index is 0.104. The largest absolute Gasteiger partial charge is 0.273 e. The van der Waals surface area contributed by atoms with Crippen molar-refractivity contribution < 1.29 is 13.2 Å². The molecule has 1 amide bonds. The molecule has 0 spiro atoms. The van der Waals surface area contributed by atoms with Crippen molar-refractivity contribution in [2.24, 2.45) is 5.10 Å². The topological polar surface area (TPSA) is 66.8 Å². The van der Waals surface area contributed by atoms with Gasteiger partial charge in [0.25, 0.3) is 0 Å². The summed E-state index contributed by atoms with van der Waals surface area (Å²) in [5.41, 5.74) is 3.39. The van der Waals surface area contributed by atoms with Crippen molar-refractivity contribution in [2.45, 2.75) is 30.0 Å². The van der Waals surface area contributed by atoms with Gasteiger partial charge in [-0.15, -0.1) is 0 Å². The Morgan fingerprint density at radius 3 is 2.26 bits per heavy atom. The maximum absolute atomic E-state index is 12.7. The molecule has 0 aliphatic carbocycles. The second kappa shape index (κ2) is 8.65. The Bertz CT molecular complexity index is 1220. The van der Waals surface area contributed by atoms with Crippen molar-refractivity contribution in [2.75, 3.05) is 0 Å². The number of hydrogen-bond donors (Lipinski definition) is 0. The van der Waals surface area contributed by atoms with E-state index >= 15 is 0 Å². The normalized spacial score (nSPS) is 16.3. The first kappa shape index (κ1) is 21.3. The second-order valence-corrected chi connectivity index (χ2v) is 9.88. The van der Waals surface area contributed by atoms with Crippen molar-refractivity contribution in [3.05, 3.63) is 101 Å². The van der Waals surface area contributed by atoms with Crippen LogP contribution in [-0.2, 0) is 20.4 Å². The molecule has 0 saturated carbocycles. The number of benzene rings is 3. The molecule has 7 heteroatoms. The molecule has 3 aromatic carbocycles. The van der Waals surface area contributed by atoms with Crippen molar-refractivity contribution in [3.8, 4) is 0 Å². The SMILES string of the molecule is CC(=O)N1N=C(c2ccc(CS(=O)(=O)c3ccc(Cl)cc3)cc2)CC1c1ccccc1. The van der Waals surface area contributed by atoms with Gasteiger partial charge in [-0.3, -0.25) is 4.79 Å². The monoisotopic (exact) mass is 452 g/mol. The standard InChI is InChI=1S/C24H21ClN2O3S/c1-17(28)27-24(20-5-3-2-4-6-20)15-23(26-27)19-9-7-18(8-10-19)16-31(29,30)22-13-11-21(25)12-14-22/h2-14,24H,15-16H2,1H3. The number of hydrazone groups is 1. The summed E-state index contributed by atoms with van der Waals surface area (Å²) in [4.78, 5) is 12.4. The fourth-order valence-corrected chi connectivity index (χ4v) is 5.12. The number of amides is 1. The van der Waals surface area contributed by atoms with Crippen LogP contribution in [0.4, 0.5) is 0 Å². The van der Waals surface area contributed by atoms with Crippen LogP contribution in [-0.4, -0.2) is 25.0 Å². The first-order valence-electron chi connectivity index (χ1n) is 9.83. The minimum Gasteiger partial charge on any atom is -0.273 e. The Kier molecular flexibility index (Phi) is 5.94. The third-order valence-corrected chi connectivity index (χ3v) is 7.19. The highest BCUT2D eigenvalue weighted by molar-refractivity contribution is 7.90. The summed E-state index contributed by atoms with van der Waals surface area (Å²) in [6.45, 7) is 1.51. The van der Waals surface area contributed by atoms with Gasteiger partial charge >= 0.3 is 0 Å². The fraction of sp³-hybridized carbons (Fsp3) is 0.167. The molecule has 3 aromatic rings. The van der Waals surface area contributed by atoms with Crippen LogP contribution in [0.15, 0.2) is 88.9 Å². The van der Waals surface area contributed by atoms with Crippen molar-refractivity contribution >= 4 is 33.1 Å². The number of rotatable bonds is 5. The van der Waals surface area contributed by atoms with Gasteiger partial charge in [-0.2, -0.15) is 5.10 Å². The van der Waals surface area contributed by atoms with E-state index in [2.05, 4.69) is 5.10 Å². The zero-order chi connectivity index (χ0) is 22.0. The van der Waals surface area contributed by atoms with E-state index in [4.69, 9.17) is 11.6 Å². The summed E-state index contributed by atoms with van der Waals surface area (Å²) >= 11 is 5.85. The lowest BCUT2D eigenvalue weighted by Crippen LogP contribution is -2.24. The van der Waals surface area contributed by atoms with E-state index in [1.165, 1.54) is 24.1 Å². The highest BCUT2D eigenvalue weighted by atomic mass is 35.5. The molecule has 0 fully saturated rings. The molecule has 5 nitrogen and oxygen atoms in total. The Labute approximate surface area is 186 Å². The van der Waals surface area contributed by atoms with Gasteiger partial charge in [-0.25, -0.2) is 13.4 Å². The van der Waals surface area contributed by atoms with Gasteiger partial charge in [0, 0.05) is 18.4 Å². The third-order valence-electron chi connectivity index (χ3n) is 5.23. The second-order valence-electron chi connectivity index (χ2n) is 7.45. The molecule has 0 saturated heterocycles. The van der Waals surface area contributed by atoms with Gasteiger partial charge < -0.3 is 0 Å². The van der Waals surface area contributed by atoms with E-state index < -0.39 is 9.84 Å². The van der Waals surface area contributed by atoms with Crippen LogP contribution in [0.3, 0.4) is 0 Å². The molecular formula is C24H21ClN2O3S. The Morgan fingerprint density at radius 2 is 1.65 bits per heavy atom. The molecule has 31 heavy (non-hydrogen) atoms. The van der Waals surface area contributed by atoms with Crippen LogP contribution in [0.25, 0.3) is 0 Å². The Morgan fingerprint density at radius 1 is 1.00 bits per heavy atom. The van der Waals surface area contributed by atoms with Crippen LogP contribution in [0.1, 0.15) is 36.1 Å². The number of carbonyl (C=O) groups excluding carboxylic acids is 1. The van der Waals surface area contributed by atoms with Crippen LogP contribution in [0.2, 0.25) is 5.02 Å². The van der Waals surface area contributed by atoms with Gasteiger partial charge in [0.2, 0.25) is 5.91 Å². The van der Waals surface area contributed by atoms with E-state index in [-0.39, 0.29) is 22.6 Å². The fourth-order valence-electron chi connectivity index (χ4n) is 3.65. The Hall–Kier alpha value is -2.96. The third kappa shape index (κ3) is 4.70. The van der Waals surface area contributed by atoms with Crippen LogP contribution in [0.5, 0.6) is 0 Å². The summed E-state index contributed by atoms with van der Waals surface area (Å²) in [6, 6.07) is 23.1. The molecule has 1 unspecified atom stereocenters. The predicted molar refractivity (Wildman–Crippen MR) is 122 cm³/mol. The van der Waals surface area contributed by atoms with Crippen LogP contribution < -0.4 is 0 Å². The molecule has 0 bridgehead atoms. The van der Waals surface area contributed by atoms with E-state index in [9.17, 15) is 13.2 Å². The molecule has 0 N–H and O–H groups in total. The van der Waals surface area contributed by atoms with Crippen LogP contribution >= 0.6 is 11.6 Å². The summed E-state index contributed by atoms with van der Waals surface area (Å²) in [6.07, 6.45) is 0.603. The molecule has 4 rings (SSSR count). The quantitative estimate of drug-likeness (QED) is 0.546. The molecule has 1 heterocycles. The maximum Gasteiger partial charge on any atom is 0.240 e. The number of hydrogen-bond acceptors (Lipinski definition) is 4. The molecule has 1 aliphatic rings. The van der Waals surface area contributed by atoms with Gasteiger partial charge in [0.15, 0.2) is 9.84 Å². The van der Waals surface area contributed by atoms with E-state index in [1.54, 1.807) is 24.3 Å². The van der Waals surface area contributed by atoms with Crippen molar-refractivity contribution in [3.63, 3.8) is 0 Å². The van der Waals surface area contributed by atoms with Gasteiger partial charge in [-0.1, -0.05) is 66.2 Å². The zero-order valence-corrected chi connectivity index (χ0v) is 18.5. The van der Waals surface area contributed by atoms with E-state index in [0.717, 1.165) is 16.8 Å². The maximum atomic E-state index is 12.7. The lowest BCUT2D eigenvalue weighted by Gasteiger charge is -2.20. The average molecular weight is 453 g/mol. The average Bonchev–Trinajstić information content (AvgIpc) is 3.21. The molecule has 1 aliphatic heterocycles. The van der Waals surface area contributed by atoms with E-state index in [1.807, 2.05) is 42.5 Å². The number of nitrogens with zero attached hydrogens (tertiary/aromatic N) is 2. The summed E-state index contributed by atoms with van der Waals surface area (Å²) < 4.78 is 25.3. The van der Waals surface area contributed by atoms with Gasteiger partial charge in [0.1, 0.15) is 0 Å². The molecule has 0 aromatic heterocycles. The Balaban J connectivity index is 1.53. The highest BCUT2D eigenvalue weighted by Gasteiger charge is 2.31. The first-order chi connectivity index (χ1) is 14.8. The summed E-state index contributed by atoms with van der Waals surface area (Å²) in [5.74, 6) is -0.220. The molecular weight excluding hydrogens is 432 g/mol. The predicted octanol–water partition coefficient (Wildman–Crippen LogP) is 5.01. The summed E-state index contributed by atoms with van der Waals surface area (Å²) in [5, 5.41) is 6.56. The number of halogens is 1. The minimum atomic E-state index is -3.47. The molecule has 1 atom stereocenters. The van der Waals surface area contributed by atoms with Crippen molar-refractivity contribution in [1.29, 1.82) is 0 Å². The number of carbonyl (C=O) groups is 1. The number of sulfone groups is 1. The van der Waals surface area contributed by atoms with E-state index in [0.29, 0.717) is 17.0 Å². The molecule has 158 valence electrons. The highest BCUT2D eigenvalue weighted by Crippen LogP contribution is 2.32. The summed E-state index contributed by atoms with van der Waals surface area (Å²) in [7, 11) is -3.47. The lowest BCUT2D eigenvalue weighted by atomic mass is 9.98. The zero-order valence-electron chi connectivity index (χ0n) is 16.9.